The molecule has 0 aromatic carbocycles. The number of rotatable bonds is 11. The van der Waals surface area contributed by atoms with Gasteiger partial charge < -0.3 is 26.4 Å². The minimum absolute atomic E-state index is 0.175. The zero-order valence-electron chi connectivity index (χ0n) is 10.1. The minimum Gasteiger partial charge on any atom is -0.469 e. The molecule has 0 saturated carbocycles. The summed E-state index contributed by atoms with van der Waals surface area (Å²) in [5, 5.41) is 9.60. The molecule has 0 aromatic heterocycles. The summed E-state index contributed by atoms with van der Waals surface area (Å²) in [6.45, 7) is 5.81. The standard InChI is InChI=1S/C10H24N4O2/c1-16-10(15)2-4-12-6-8-14-9-7-13-5-3-11/h12-14H,2-9,11H2,1H3. The van der Waals surface area contributed by atoms with Crippen LogP contribution in [0.1, 0.15) is 6.42 Å². The molecule has 0 bridgehead atoms. The zero-order valence-corrected chi connectivity index (χ0v) is 10.1. The van der Waals surface area contributed by atoms with E-state index in [4.69, 9.17) is 5.73 Å². The Labute approximate surface area is 97.3 Å². The van der Waals surface area contributed by atoms with Gasteiger partial charge in [-0.25, -0.2) is 0 Å². The lowest BCUT2D eigenvalue weighted by Gasteiger charge is -2.06. The smallest absolute Gasteiger partial charge is 0.306 e. The van der Waals surface area contributed by atoms with E-state index >= 15 is 0 Å². The van der Waals surface area contributed by atoms with Crippen LogP contribution in [0.15, 0.2) is 0 Å². The molecule has 0 aromatic rings. The number of nitrogens with one attached hydrogen (secondary N) is 3. The second kappa shape index (κ2) is 12.4. The van der Waals surface area contributed by atoms with Crippen molar-refractivity contribution in [2.45, 2.75) is 6.42 Å². The van der Waals surface area contributed by atoms with Crippen LogP contribution >= 0.6 is 0 Å². The Bertz CT molecular complexity index is 167. The van der Waals surface area contributed by atoms with Crippen LogP contribution in [0, 0.1) is 0 Å². The molecule has 0 aliphatic heterocycles. The predicted octanol–water partition coefficient (Wildman–Crippen LogP) is -1.72. The molecule has 6 heteroatoms. The topological polar surface area (TPSA) is 88.4 Å². The SMILES string of the molecule is COC(=O)CCNCCNCCNCCN. The first-order valence-electron chi connectivity index (χ1n) is 5.70. The molecular weight excluding hydrogens is 208 g/mol. The summed E-state index contributed by atoms with van der Waals surface area (Å²) in [4.78, 5) is 10.8. The third kappa shape index (κ3) is 11.4. The van der Waals surface area contributed by atoms with Gasteiger partial charge in [0.25, 0.3) is 0 Å². The van der Waals surface area contributed by atoms with E-state index in [2.05, 4.69) is 20.7 Å². The molecule has 0 aliphatic rings. The maximum Gasteiger partial charge on any atom is 0.306 e. The Kier molecular flexibility index (Phi) is 11.8. The van der Waals surface area contributed by atoms with Crippen LogP contribution < -0.4 is 21.7 Å². The van der Waals surface area contributed by atoms with E-state index in [0.717, 1.165) is 32.7 Å². The Morgan fingerprint density at radius 1 is 1.00 bits per heavy atom. The van der Waals surface area contributed by atoms with Gasteiger partial charge in [-0.05, 0) is 0 Å². The van der Waals surface area contributed by atoms with Crippen molar-refractivity contribution in [3.63, 3.8) is 0 Å². The van der Waals surface area contributed by atoms with Crippen LogP contribution in [0.3, 0.4) is 0 Å². The highest BCUT2D eigenvalue weighted by Crippen LogP contribution is 1.79. The molecule has 0 fully saturated rings. The Balaban J connectivity index is 2.96. The number of hydrogen-bond donors (Lipinski definition) is 4. The van der Waals surface area contributed by atoms with Crippen molar-refractivity contribution in [2.24, 2.45) is 5.73 Å². The lowest BCUT2D eigenvalue weighted by Crippen LogP contribution is -2.34. The summed E-state index contributed by atoms with van der Waals surface area (Å²) in [5.41, 5.74) is 5.33. The van der Waals surface area contributed by atoms with Gasteiger partial charge in [0.05, 0.1) is 13.5 Å². The highest BCUT2D eigenvalue weighted by Gasteiger charge is 1.97. The number of methoxy groups -OCH3 is 1. The zero-order chi connectivity index (χ0) is 12.1. The molecule has 0 heterocycles. The van der Waals surface area contributed by atoms with Gasteiger partial charge in [-0.1, -0.05) is 0 Å². The van der Waals surface area contributed by atoms with Gasteiger partial charge in [0.15, 0.2) is 0 Å². The molecule has 0 atom stereocenters. The third-order valence-corrected chi connectivity index (χ3v) is 2.01. The van der Waals surface area contributed by atoms with Gasteiger partial charge >= 0.3 is 5.97 Å². The molecule has 0 unspecified atom stereocenters. The molecular formula is C10H24N4O2. The average Bonchev–Trinajstić information content (AvgIpc) is 2.31. The van der Waals surface area contributed by atoms with E-state index in [9.17, 15) is 4.79 Å². The quantitative estimate of drug-likeness (QED) is 0.250. The summed E-state index contributed by atoms with van der Waals surface area (Å²) >= 11 is 0. The second-order valence-corrected chi connectivity index (χ2v) is 3.36. The maximum atomic E-state index is 10.8. The van der Waals surface area contributed by atoms with E-state index in [1.54, 1.807) is 0 Å². The van der Waals surface area contributed by atoms with E-state index in [1.807, 2.05) is 0 Å². The fraction of sp³-hybridized carbons (Fsp3) is 0.900. The van der Waals surface area contributed by atoms with Crippen molar-refractivity contribution in [3.8, 4) is 0 Å². The molecule has 0 saturated heterocycles. The molecule has 0 radical (unpaired) electrons. The van der Waals surface area contributed by atoms with E-state index in [1.165, 1.54) is 7.11 Å². The molecule has 6 nitrogen and oxygen atoms in total. The van der Waals surface area contributed by atoms with Crippen LogP contribution in [0.4, 0.5) is 0 Å². The summed E-state index contributed by atoms with van der Waals surface area (Å²) in [7, 11) is 1.40. The Morgan fingerprint density at radius 2 is 1.50 bits per heavy atom. The molecule has 0 amide bonds. The number of nitrogens with two attached hydrogens (primary N) is 1. The average molecular weight is 232 g/mol. The van der Waals surface area contributed by atoms with Crippen molar-refractivity contribution in [1.82, 2.24) is 16.0 Å². The Hall–Kier alpha value is -0.690. The van der Waals surface area contributed by atoms with Gasteiger partial charge in [-0.2, -0.15) is 0 Å². The summed E-state index contributed by atoms with van der Waals surface area (Å²) in [6.07, 6.45) is 0.425. The lowest BCUT2D eigenvalue weighted by atomic mass is 10.4. The predicted molar refractivity (Wildman–Crippen MR) is 64.3 cm³/mol. The van der Waals surface area contributed by atoms with Gasteiger partial charge in [0, 0.05) is 45.8 Å². The van der Waals surface area contributed by atoms with E-state index < -0.39 is 0 Å². The van der Waals surface area contributed by atoms with Crippen molar-refractivity contribution >= 4 is 5.97 Å². The van der Waals surface area contributed by atoms with Gasteiger partial charge in [-0.15, -0.1) is 0 Å². The summed E-state index contributed by atoms with van der Waals surface area (Å²) < 4.78 is 4.52. The molecule has 0 aliphatic carbocycles. The minimum atomic E-state index is -0.175. The van der Waals surface area contributed by atoms with Crippen LogP contribution in [-0.2, 0) is 9.53 Å². The van der Waals surface area contributed by atoms with Gasteiger partial charge in [0.1, 0.15) is 0 Å². The molecule has 5 N–H and O–H groups in total. The molecule has 0 spiro atoms. The highest BCUT2D eigenvalue weighted by molar-refractivity contribution is 5.69. The normalized spacial score (nSPS) is 10.4. The van der Waals surface area contributed by atoms with Crippen molar-refractivity contribution in [2.75, 3.05) is 52.9 Å². The number of hydrogen-bond acceptors (Lipinski definition) is 6. The second-order valence-electron chi connectivity index (χ2n) is 3.36. The number of carbonyl (C=O) groups excluding carboxylic acids is 1. The van der Waals surface area contributed by atoms with E-state index in [-0.39, 0.29) is 5.97 Å². The van der Waals surface area contributed by atoms with Crippen LogP contribution in [0.5, 0.6) is 0 Å². The number of ether oxygens (including phenoxy) is 1. The molecule has 96 valence electrons. The van der Waals surface area contributed by atoms with Crippen LogP contribution in [-0.4, -0.2) is 58.9 Å². The fourth-order valence-electron chi connectivity index (χ4n) is 1.12. The van der Waals surface area contributed by atoms with E-state index in [0.29, 0.717) is 19.5 Å². The highest BCUT2D eigenvalue weighted by atomic mass is 16.5. The van der Waals surface area contributed by atoms with Gasteiger partial charge in [0.2, 0.25) is 0 Å². The van der Waals surface area contributed by atoms with Crippen LogP contribution in [0.2, 0.25) is 0 Å². The van der Waals surface area contributed by atoms with Crippen molar-refractivity contribution < 1.29 is 9.53 Å². The Morgan fingerprint density at radius 3 is 2.00 bits per heavy atom. The first-order chi connectivity index (χ1) is 7.81. The van der Waals surface area contributed by atoms with Crippen LogP contribution in [0.25, 0.3) is 0 Å². The largest absolute Gasteiger partial charge is 0.469 e. The number of carbonyl (C=O) groups is 1. The molecule has 16 heavy (non-hydrogen) atoms. The molecule has 0 rings (SSSR count). The summed E-state index contributed by atoms with van der Waals surface area (Å²) in [6, 6.07) is 0. The van der Waals surface area contributed by atoms with Gasteiger partial charge in [-0.3, -0.25) is 4.79 Å². The third-order valence-electron chi connectivity index (χ3n) is 2.01. The fourth-order valence-corrected chi connectivity index (χ4v) is 1.12. The van der Waals surface area contributed by atoms with Crippen molar-refractivity contribution in [3.05, 3.63) is 0 Å². The number of esters is 1. The first-order valence-corrected chi connectivity index (χ1v) is 5.70. The maximum absolute atomic E-state index is 10.8. The first kappa shape index (κ1) is 15.3. The van der Waals surface area contributed by atoms with Crippen molar-refractivity contribution in [1.29, 1.82) is 0 Å². The monoisotopic (exact) mass is 232 g/mol. The summed E-state index contributed by atoms with van der Waals surface area (Å²) in [5.74, 6) is -0.175. The lowest BCUT2D eigenvalue weighted by molar-refractivity contribution is -0.140.